The lowest BCUT2D eigenvalue weighted by atomic mass is 9.97. The first-order valence-electron chi connectivity index (χ1n) is 12.4. The van der Waals surface area contributed by atoms with Crippen LogP contribution in [0.4, 0.5) is 4.39 Å². The molecule has 0 aliphatic carbocycles. The van der Waals surface area contributed by atoms with E-state index < -0.39 is 30.7 Å². The summed E-state index contributed by atoms with van der Waals surface area (Å²) >= 11 is 0. The van der Waals surface area contributed by atoms with Gasteiger partial charge in [0.25, 0.3) is 0 Å². The Balaban J connectivity index is 1.62. The predicted molar refractivity (Wildman–Crippen MR) is 145 cm³/mol. The Morgan fingerprint density at radius 3 is 2.64 bits per heavy atom. The normalized spacial score (nSPS) is 12.7. The van der Waals surface area contributed by atoms with E-state index in [1.807, 2.05) is 36.4 Å². The maximum atomic E-state index is 13.2. The zero-order valence-electron chi connectivity index (χ0n) is 21.8. The van der Waals surface area contributed by atoms with Gasteiger partial charge in [-0.15, -0.1) is 0 Å². The van der Waals surface area contributed by atoms with Gasteiger partial charge in [0.2, 0.25) is 5.91 Å². The minimum atomic E-state index is -0.719. The molecule has 39 heavy (non-hydrogen) atoms. The molecular weight excluding hydrogens is 503 g/mol. The van der Waals surface area contributed by atoms with Crippen LogP contribution in [-0.2, 0) is 27.3 Å². The SMILES string of the molecule is COCC(C)OC(=O)Cc1ccc(C(N)=O)cc1OCc1cc(-c2cccc(C(N)CF)c2)c2occc2c1. The van der Waals surface area contributed by atoms with E-state index in [4.69, 9.17) is 30.1 Å². The number of fused-ring (bicyclic) bond motifs is 1. The molecule has 3 aromatic carbocycles. The molecule has 0 fully saturated rings. The third-order valence-corrected chi connectivity index (χ3v) is 6.22. The quantitative estimate of drug-likeness (QED) is 0.248. The molecule has 2 atom stereocenters. The van der Waals surface area contributed by atoms with Gasteiger partial charge in [-0.2, -0.15) is 0 Å². The minimum Gasteiger partial charge on any atom is -0.489 e. The van der Waals surface area contributed by atoms with Crippen molar-refractivity contribution in [2.75, 3.05) is 20.4 Å². The van der Waals surface area contributed by atoms with Crippen molar-refractivity contribution in [3.63, 3.8) is 0 Å². The zero-order chi connectivity index (χ0) is 27.9. The lowest BCUT2D eigenvalue weighted by molar-refractivity contribution is -0.149. The number of carbonyl (C=O) groups is 2. The van der Waals surface area contributed by atoms with Crippen molar-refractivity contribution >= 4 is 22.8 Å². The van der Waals surface area contributed by atoms with Crippen LogP contribution < -0.4 is 16.2 Å². The number of carbonyl (C=O) groups excluding carboxylic acids is 2. The maximum absolute atomic E-state index is 13.2. The third kappa shape index (κ3) is 6.81. The Kier molecular flexibility index (Phi) is 8.96. The Morgan fingerprint density at radius 1 is 1.08 bits per heavy atom. The van der Waals surface area contributed by atoms with E-state index in [1.54, 1.807) is 31.4 Å². The molecule has 8 nitrogen and oxygen atoms in total. The van der Waals surface area contributed by atoms with Gasteiger partial charge in [-0.05, 0) is 60.0 Å². The first-order valence-corrected chi connectivity index (χ1v) is 12.4. The fourth-order valence-corrected chi connectivity index (χ4v) is 4.31. The summed E-state index contributed by atoms with van der Waals surface area (Å²) in [7, 11) is 1.53. The molecule has 0 radical (unpaired) electrons. The molecule has 0 bridgehead atoms. The van der Waals surface area contributed by atoms with Crippen LogP contribution in [0.1, 0.15) is 40.0 Å². The molecule has 0 spiro atoms. The molecule has 0 aliphatic heterocycles. The summed E-state index contributed by atoms with van der Waals surface area (Å²) in [6.45, 7) is 1.47. The molecule has 4 rings (SSSR count). The van der Waals surface area contributed by atoms with Crippen LogP contribution in [0.3, 0.4) is 0 Å². The molecule has 1 heterocycles. The van der Waals surface area contributed by atoms with Crippen LogP contribution in [-0.4, -0.2) is 38.4 Å². The first-order chi connectivity index (χ1) is 18.8. The van der Waals surface area contributed by atoms with Crippen molar-refractivity contribution in [3.05, 3.63) is 89.2 Å². The Labute approximate surface area is 225 Å². The van der Waals surface area contributed by atoms with Crippen LogP contribution >= 0.6 is 0 Å². The van der Waals surface area contributed by atoms with Gasteiger partial charge in [0.15, 0.2) is 0 Å². The molecule has 0 saturated heterocycles. The second-order valence-corrected chi connectivity index (χ2v) is 9.28. The van der Waals surface area contributed by atoms with E-state index in [2.05, 4.69) is 0 Å². The van der Waals surface area contributed by atoms with Crippen LogP contribution in [0, 0.1) is 0 Å². The number of alkyl halides is 1. The molecule has 4 aromatic rings. The van der Waals surface area contributed by atoms with Gasteiger partial charge in [0, 0.05) is 29.2 Å². The summed E-state index contributed by atoms with van der Waals surface area (Å²) < 4.78 is 35.5. The number of hydrogen-bond acceptors (Lipinski definition) is 7. The molecule has 0 saturated carbocycles. The van der Waals surface area contributed by atoms with E-state index in [9.17, 15) is 14.0 Å². The number of nitrogens with two attached hydrogens (primary N) is 2. The highest BCUT2D eigenvalue weighted by molar-refractivity contribution is 5.94. The average Bonchev–Trinajstić information content (AvgIpc) is 3.40. The van der Waals surface area contributed by atoms with Crippen molar-refractivity contribution in [1.29, 1.82) is 0 Å². The van der Waals surface area contributed by atoms with Gasteiger partial charge >= 0.3 is 5.97 Å². The van der Waals surface area contributed by atoms with Gasteiger partial charge in [-0.1, -0.05) is 24.3 Å². The molecule has 1 aromatic heterocycles. The zero-order valence-corrected chi connectivity index (χ0v) is 21.8. The van der Waals surface area contributed by atoms with Gasteiger partial charge in [-0.3, -0.25) is 9.59 Å². The number of furan rings is 1. The number of primary amides is 1. The number of methoxy groups -OCH3 is 1. The van der Waals surface area contributed by atoms with Gasteiger partial charge in [0.1, 0.15) is 30.7 Å². The lowest BCUT2D eigenvalue weighted by Gasteiger charge is -2.16. The van der Waals surface area contributed by atoms with E-state index in [-0.39, 0.29) is 25.2 Å². The Bertz CT molecular complexity index is 1470. The largest absolute Gasteiger partial charge is 0.489 e. The van der Waals surface area contributed by atoms with E-state index >= 15 is 0 Å². The van der Waals surface area contributed by atoms with Crippen LogP contribution in [0.15, 0.2) is 71.3 Å². The highest BCUT2D eigenvalue weighted by Gasteiger charge is 2.17. The number of ether oxygens (including phenoxy) is 3. The maximum Gasteiger partial charge on any atom is 0.310 e. The van der Waals surface area contributed by atoms with Crippen LogP contribution in [0.5, 0.6) is 5.75 Å². The fourth-order valence-electron chi connectivity index (χ4n) is 4.31. The first kappa shape index (κ1) is 27.8. The molecule has 0 aliphatic rings. The summed E-state index contributed by atoms with van der Waals surface area (Å²) in [6.07, 6.45) is 1.13. The number of esters is 1. The molecule has 2 unspecified atom stereocenters. The number of rotatable bonds is 12. The van der Waals surface area contributed by atoms with Crippen LogP contribution in [0.25, 0.3) is 22.1 Å². The number of amides is 1. The number of hydrogen-bond donors (Lipinski definition) is 2. The highest BCUT2D eigenvalue weighted by Crippen LogP contribution is 2.33. The molecule has 9 heteroatoms. The fraction of sp³-hybridized carbons (Fsp3) is 0.267. The number of halogens is 1. The van der Waals surface area contributed by atoms with Crippen molar-refractivity contribution in [2.24, 2.45) is 11.5 Å². The monoisotopic (exact) mass is 534 g/mol. The molecule has 4 N–H and O–H groups in total. The molecule has 204 valence electrons. The number of benzene rings is 3. The topological polar surface area (TPSA) is 127 Å². The summed E-state index contributed by atoms with van der Waals surface area (Å²) in [5.41, 5.74) is 16.0. The summed E-state index contributed by atoms with van der Waals surface area (Å²) in [5, 5.41) is 0.855. The second kappa shape index (κ2) is 12.6. The standard InChI is InChI=1S/C30H31FN2O6/c1-18(16-36-2)39-28(34)14-22-6-7-24(30(33)35)13-27(22)38-17-19-10-23-8-9-37-29(23)25(11-19)20-4-3-5-21(12-20)26(32)15-31/h3-13,18,26H,14-17,32H2,1-2H3,(H2,33,35). The van der Waals surface area contributed by atoms with Gasteiger partial charge in [-0.25, -0.2) is 4.39 Å². The van der Waals surface area contributed by atoms with E-state index in [0.29, 0.717) is 22.5 Å². The highest BCUT2D eigenvalue weighted by atomic mass is 19.1. The predicted octanol–water partition coefficient (Wildman–Crippen LogP) is 4.87. The smallest absolute Gasteiger partial charge is 0.310 e. The third-order valence-electron chi connectivity index (χ3n) is 6.22. The average molecular weight is 535 g/mol. The Hall–Kier alpha value is -4.21. The Morgan fingerprint density at radius 2 is 1.90 bits per heavy atom. The summed E-state index contributed by atoms with van der Waals surface area (Å²) in [5.74, 6) is -0.728. The van der Waals surface area contributed by atoms with Crippen molar-refractivity contribution in [3.8, 4) is 16.9 Å². The molecule has 1 amide bonds. The summed E-state index contributed by atoms with van der Waals surface area (Å²) in [4.78, 5) is 24.3. The summed E-state index contributed by atoms with van der Waals surface area (Å²) in [6, 6.07) is 17.0. The van der Waals surface area contributed by atoms with Crippen molar-refractivity contribution < 1.29 is 32.6 Å². The van der Waals surface area contributed by atoms with Crippen molar-refractivity contribution in [1.82, 2.24) is 0 Å². The van der Waals surface area contributed by atoms with Gasteiger partial charge in [0.05, 0.1) is 25.3 Å². The molecular formula is C30H31FN2O6. The second-order valence-electron chi connectivity index (χ2n) is 9.28. The van der Waals surface area contributed by atoms with E-state index in [0.717, 1.165) is 22.1 Å². The van der Waals surface area contributed by atoms with Crippen molar-refractivity contribution in [2.45, 2.75) is 32.1 Å². The lowest BCUT2D eigenvalue weighted by Crippen LogP contribution is -2.21. The van der Waals surface area contributed by atoms with Gasteiger partial charge < -0.3 is 30.1 Å². The van der Waals surface area contributed by atoms with Crippen LogP contribution in [0.2, 0.25) is 0 Å². The minimum absolute atomic E-state index is 0.0595. The van der Waals surface area contributed by atoms with E-state index in [1.165, 1.54) is 13.2 Å².